The van der Waals surface area contributed by atoms with Gasteiger partial charge in [-0.15, -0.1) is 0 Å². The molecule has 0 amide bonds. The highest BCUT2D eigenvalue weighted by atomic mass is 32.2. The van der Waals surface area contributed by atoms with E-state index in [1.807, 2.05) is 13.0 Å². The first-order valence-corrected chi connectivity index (χ1v) is 14.2. The molecule has 0 aliphatic carbocycles. The van der Waals surface area contributed by atoms with Crippen molar-refractivity contribution in [1.29, 1.82) is 0 Å². The lowest BCUT2D eigenvalue weighted by atomic mass is 10.1. The Morgan fingerprint density at radius 2 is 2.14 bits per heavy atom. The van der Waals surface area contributed by atoms with E-state index in [-0.39, 0.29) is 17.8 Å². The Morgan fingerprint density at radius 1 is 1.35 bits per heavy atom. The zero-order valence-corrected chi connectivity index (χ0v) is 23.1. The highest BCUT2D eigenvalue weighted by Crippen LogP contribution is 2.39. The zero-order chi connectivity index (χ0) is 26.9. The van der Waals surface area contributed by atoms with Gasteiger partial charge in [0.2, 0.25) is 5.95 Å². The minimum absolute atomic E-state index is 0.0271. The van der Waals surface area contributed by atoms with Gasteiger partial charge in [-0.1, -0.05) is 32.2 Å². The first-order valence-electron chi connectivity index (χ1n) is 12.2. The summed E-state index contributed by atoms with van der Waals surface area (Å²) in [6, 6.07) is 5.20. The van der Waals surface area contributed by atoms with Crippen molar-refractivity contribution in [2.75, 3.05) is 23.1 Å². The summed E-state index contributed by atoms with van der Waals surface area (Å²) in [4.78, 5) is 15.2. The number of nitrogens with zero attached hydrogens (tertiary/aromatic N) is 3. The first kappa shape index (κ1) is 29.0. The molecule has 202 valence electrons. The number of nitrogens with one attached hydrogen (secondary N) is 3. The van der Waals surface area contributed by atoms with Gasteiger partial charge in [0.15, 0.2) is 11.0 Å². The minimum Gasteiger partial charge on any atom is -0.458 e. The molecule has 12 heteroatoms. The van der Waals surface area contributed by atoms with Crippen molar-refractivity contribution < 1.29 is 17.7 Å². The number of pyridine rings is 1. The largest absolute Gasteiger partial charge is 0.458 e. The van der Waals surface area contributed by atoms with Crippen LogP contribution < -0.4 is 20.1 Å². The number of halogens is 2. The van der Waals surface area contributed by atoms with Crippen LogP contribution in [0, 0.1) is 12.8 Å². The number of rotatable bonds is 12. The predicted molar refractivity (Wildman–Crippen MR) is 148 cm³/mol. The lowest BCUT2D eigenvalue weighted by Gasteiger charge is -2.24. The maximum Gasteiger partial charge on any atom is 0.330 e. The van der Waals surface area contributed by atoms with Crippen LogP contribution in [0.2, 0.25) is 0 Å². The van der Waals surface area contributed by atoms with Gasteiger partial charge in [0.1, 0.15) is 17.3 Å². The molecule has 2 aromatic heterocycles. The Balaban J connectivity index is 1.97. The minimum atomic E-state index is -3.01. The quantitative estimate of drug-likeness (QED) is 0.288. The fourth-order valence-corrected chi connectivity index (χ4v) is 4.97. The molecule has 1 fully saturated rings. The molecular weight excluding hydrogens is 518 g/mol. The van der Waals surface area contributed by atoms with Gasteiger partial charge in [-0.3, -0.25) is 4.72 Å². The maximum absolute atomic E-state index is 12.7. The summed E-state index contributed by atoms with van der Waals surface area (Å²) in [7, 11) is -2.53. The van der Waals surface area contributed by atoms with E-state index in [1.165, 1.54) is 17.8 Å². The Bertz CT molecular complexity index is 1140. The molecule has 0 aromatic carbocycles. The SMILES string of the molecule is C=C(C)S/C(=C(/Oc1ccc(NS(=O)C(F)F)nc1C)C(C)CC)c1ccnc(NC2CCCNC2)n1. The molecule has 3 atom stereocenters. The number of hydrogen-bond donors (Lipinski definition) is 3. The van der Waals surface area contributed by atoms with E-state index < -0.39 is 16.7 Å². The summed E-state index contributed by atoms with van der Waals surface area (Å²) in [6.07, 6.45) is 4.68. The van der Waals surface area contributed by atoms with Crippen molar-refractivity contribution in [2.45, 2.75) is 58.8 Å². The van der Waals surface area contributed by atoms with E-state index in [0.717, 1.165) is 42.2 Å². The van der Waals surface area contributed by atoms with Crippen molar-refractivity contribution in [2.24, 2.45) is 5.92 Å². The highest BCUT2D eigenvalue weighted by Gasteiger charge is 2.22. The fourth-order valence-electron chi connectivity index (χ4n) is 3.65. The zero-order valence-electron chi connectivity index (χ0n) is 21.5. The third kappa shape index (κ3) is 8.47. The van der Waals surface area contributed by atoms with Gasteiger partial charge >= 0.3 is 5.76 Å². The molecule has 0 bridgehead atoms. The van der Waals surface area contributed by atoms with Crippen molar-refractivity contribution in [1.82, 2.24) is 20.3 Å². The van der Waals surface area contributed by atoms with Crippen LogP contribution in [0.15, 0.2) is 41.6 Å². The van der Waals surface area contributed by atoms with Gasteiger partial charge in [0.05, 0.1) is 16.3 Å². The van der Waals surface area contributed by atoms with Crippen LogP contribution in [0.5, 0.6) is 5.75 Å². The van der Waals surface area contributed by atoms with Crippen LogP contribution in [0.4, 0.5) is 20.5 Å². The smallest absolute Gasteiger partial charge is 0.330 e. The van der Waals surface area contributed by atoms with Crippen molar-refractivity contribution in [3.63, 3.8) is 0 Å². The van der Waals surface area contributed by atoms with E-state index in [1.54, 1.807) is 19.2 Å². The van der Waals surface area contributed by atoms with Gasteiger partial charge in [-0.25, -0.2) is 19.2 Å². The second-order valence-corrected chi connectivity index (χ2v) is 11.3. The molecule has 0 saturated carbocycles. The molecule has 3 N–H and O–H groups in total. The third-order valence-electron chi connectivity index (χ3n) is 5.70. The normalized spacial score (nSPS) is 18.1. The number of allylic oxidation sites excluding steroid dienone is 2. The lowest BCUT2D eigenvalue weighted by Crippen LogP contribution is -2.38. The molecule has 0 spiro atoms. The van der Waals surface area contributed by atoms with Crippen LogP contribution in [0.1, 0.15) is 51.4 Å². The van der Waals surface area contributed by atoms with Crippen molar-refractivity contribution >= 4 is 39.4 Å². The summed E-state index contributed by atoms with van der Waals surface area (Å²) in [5, 5.41) is 6.81. The molecule has 0 radical (unpaired) electrons. The number of hydrogen-bond acceptors (Lipinski definition) is 8. The summed E-state index contributed by atoms with van der Waals surface area (Å²) < 4.78 is 45.4. The molecule has 1 aliphatic rings. The summed E-state index contributed by atoms with van der Waals surface area (Å²) in [5.74, 6) is -1.20. The van der Waals surface area contributed by atoms with E-state index in [2.05, 4.69) is 45.8 Å². The molecule has 3 heterocycles. The second kappa shape index (κ2) is 13.8. The van der Waals surface area contributed by atoms with E-state index in [0.29, 0.717) is 28.8 Å². The second-order valence-electron chi connectivity index (χ2n) is 8.80. The average molecular weight is 553 g/mol. The van der Waals surface area contributed by atoms with Gasteiger partial charge in [0, 0.05) is 24.7 Å². The van der Waals surface area contributed by atoms with Crippen LogP contribution in [0.3, 0.4) is 0 Å². The first-order chi connectivity index (χ1) is 17.7. The summed E-state index contributed by atoms with van der Waals surface area (Å²) in [5.41, 5.74) is 1.17. The summed E-state index contributed by atoms with van der Waals surface area (Å²) >= 11 is 1.47. The highest BCUT2D eigenvalue weighted by molar-refractivity contribution is 8.11. The molecule has 8 nitrogen and oxygen atoms in total. The Hall–Kier alpha value is -2.57. The van der Waals surface area contributed by atoms with E-state index in [4.69, 9.17) is 9.72 Å². The number of thioether (sulfide) groups is 1. The number of aryl methyl sites for hydroxylation is 1. The Labute approximate surface area is 223 Å². The summed E-state index contributed by atoms with van der Waals surface area (Å²) in [6.45, 7) is 13.7. The topological polar surface area (TPSA) is 101 Å². The standard InChI is InChI=1S/C25H34F2N6O2S2/c1-6-16(4)22(35-20-9-10-21(30-17(20)5)33-37(34)24(26)27)23(36-15(2)3)19-11-13-29-25(32-19)31-18-8-7-12-28-14-18/h9-11,13,16,18,24,28H,2,6-8,12,14H2,1,3-5H3,(H,30,33)(H,29,31,32)/b23-22+. The lowest BCUT2D eigenvalue weighted by molar-refractivity contribution is 0.244. The molecule has 3 rings (SSSR count). The molecule has 3 unspecified atom stereocenters. The van der Waals surface area contributed by atoms with Crippen LogP contribution in [-0.2, 0) is 11.0 Å². The number of anilines is 2. The van der Waals surface area contributed by atoms with Gasteiger partial charge in [0.25, 0.3) is 0 Å². The van der Waals surface area contributed by atoms with Crippen LogP contribution in [0.25, 0.3) is 4.91 Å². The maximum atomic E-state index is 12.7. The van der Waals surface area contributed by atoms with Crippen molar-refractivity contribution in [3.05, 3.63) is 53.0 Å². The van der Waals surface area contributed by atoms with Crippen LogP contribution in [-0.4, -0.2) is 44.0 Å². The number of alkyl halides is 2. The molecular formula is C25H34F2N6O2S2. The Morgan fingerprint density at radius 3 is 2.76 bits per heavy atom. The fraction of sp³-hybridized carbons (Fsp3) is 0.480. The molecule has 2 aromatic rings. The van der Waals surface area contributed by atoms with E-state index in [9.17, 15) is 13.0 Å². The number of aromatic nitrogens is 3. The van der Waals surface area contributed by atoms with Crippen LogP contribution >= 0.6 is 11.8 Å². The molecule has 1 saturated heterocycles. The number of piperidine rings is 1. The third-order valence-corrected chi connectivity index (χ3v) is 7.40. The van der Waals surface area contributed by atoms with Gasteiger partial charge < -0.3 is 15.4 Å². The molecule has 1 aliphatic heterocycles. The van der Waals surface area contributed by atoms with Crippen molar-refractivity contribution in [3.8, 4) is 5.75 Å². The Kier molecular flexibility index (Phi) is 10.8. The molecule has 37 heavy (non-hydrogen) atoms. The van der Waals surface area contributed by atoms with Gasteiger partial charge in [-0.05, 0) is 62.8 Å². The average Bonchev–Trinajstić information content (AvgIpc) is 2.87. The monoisotopic (exact) mass is 552 g/mol. The van der Waals surface area contributed by atoms with Gasteiger partial charge in [-0.2, -0.15) is 8.78 Å². The predicted octanol–water partition coefficient (Wildman–Crippen LogP) is 5.70. The number of ether oxygens (including phenoxy) is 1. The van der Waals surface area contributed by atoms with E-state index >= 15 is 0 Å².